The minimum absolute atomic E-state index is 0.852. The maximum atomic E-state index is 4.30. The van der Waals surface area contributed by atoms with E-state index in [2.05, 4.69) is 33.9 Å². The third kappa shape index (κ3) is 1.42. The number of aromatic nitrogens is 2. The van der Waals surface area contributed by atoms with Crippen molar-refractivity contribution in [1.29, 1.82) is 0 Å². The molecule has 0 bridgehead atoms. The second-order valence-electron chi connectivity index (χ2n) is 3.21. The van der Waals surface area contributed by atoms with Crippen LogP contribution in [0.4, 0.5) is 0 Å². The minimum atomic E-state index is 0.852. The molecule has 0 fully saturated rings. The Morgan fingerprint density at radius 3 is 3.08 bits per heavy atom. The number of aryl methyl sites for hydroxylation is 1. The lowest BCUT2D eigenvalue weighted by atomic mass is 10.3. The van der Waals surface area contributed by atoms with E-state index < -0.39 is 0 Å². The summed E-state index contributed by atoms with van der Waals surface area (Å²) < 4.78 is 2.12. The predicted molar refractivity (Wildman–Crippen MR) is 52.7 cm³/mol. The molecule has 68 valence electrons. The standard InChI is InChI=1S/C10H13N3/c1-8-3-4-10-12-6-9(5-11-2)13(10)7-8/h3-4,6-7,11H,5H2,1-2H3. The Bertz CT molecular complexity index is 417. The zero-order chi connectivity index (χ0) is 9.26. The highest BCUT2D eigenvalue weighted by Crippen LogP contribution is 2.07. The fourth-order valence-corrected chi connectivity index (χ4v) is 1.45. The van der Waals surface area contributed by atoms with Gasteiger partial charge in [0.15, 0.2) is 0 Å². The predicted octanol–water partition coefficient (Wildman–Crippen LogP) is 1.36. The van der Waals surface area contributed by atoms with Gasteiger partial charge in [0.2, 0.25) is 0 Å². The van der Waals surface area contributed by atoms with Crippen LogP contribution < -0.4 is 5.32 Å². The fourth-order valence-electron chi connectivity index (χ4n) is 1.45. The lowest BCUT2D eigenvalue weighted by molar-refractivity contribution is 0.781. The lowest BCUT2D eigenvalue weighted by Gasteiger charge is -2.01. The van der Waals surface area contributed by atoms with Crippen LogP contribution in [0.3, 0.4) is 0 Å². The molecule has 2 rings (SSSR count). The number of imidazole rings is 1. The summed E-state index contributed by atoms with van der Waals surface area (Å²) in [5.41, 5.74) is 3.46. The molecule has 3 nitrogen and oxygen atoms in total. The summed E-state index contributed by atoms with van der Waals surface area (Å²) in [6.45, 7) is 2.94. The number of fused-ring (bicyclic) bond motifs is 1. The monoisotopic (exact) mass is 175 g/mol. The van der Waals surface area contributed by atoms with E-state index in [4.69, 9.17) is 0 Å². The fraction of sp³-hybridized carbons (Fsp3) is 0.300. The first-order valence-corrected chi connectivity index (χ1v) is 4.38. The number of hydrogen-bond donors (Lipinski definition) is 1. The Morgan fingerprint density at radius 1 is 1.46 bits per heavy atom. The van der Waals surface area contributed by atoms with Gasteiger partial charge in [0.05, 0.1) is 11.9 Å². The molecule has 3 heteroatoms. The summed E-state index contributed by atoms with van der Waals surface area (Å²) >= 11 is 0. The Balaban J connectivity index is 2.58. The van der Waals surface area contributed by atoms with Gasteiger partial charge in [-0.25, -0.2) is 4.98 Å². The van der Waals surface area contributed by atoms with Crippen LogP contribution in [0.5, 0.6) is 0 Å². The topological polar surface area (TPSA) is 29.3 Å². The molecule has 2 aromatic heterocycles. The van der Waals surface area contributed by atoms with Crippen LogP contribution in [0.1, 0.15) is 11.3 Å². The first-order valence-electron chi connectivity index (χ1n) is 4.38. The number of rotatable bonds is 2. The van der Waals surface area contributed by atoms with Crippen molar-refractivity contribution >= 4 is 5.65 Å². The van der Waals surface area contributed by atoms with Crippen LogP contribution in [0, 0.1) is 6.92 Å². The van der Waals surface area contributed by atoms with Crippen LogP contribution in [0.15, 0.2) is 24.5 Å². The van der Waals surface area contributed by atoms with E-state index in [1.165, 1.54) is 11.3 Å². The maximum Gasteiger partial charge on any atom is 0.136 e. The molecule has 0 aliphatic heterocycles. The molecular formula is C10H13N3. The molecule has 0 unspecified atom stereocenters. The van der Waals surface area contributed by atoms with Gasteiger partial charge in [0.25, 0.3) is 0 Å². The van der Waals surface area contributed by atoms with Crippen LogP contribution >= 0.6 is 0 Å². The summed E-state index contributed by atoms with van der Waals surface area (Å²) in [5, 5.41) is 3.12. The smallest absolute Gasteiger partial charge is 0.136 e. The van der Waals surface area contributed by atoms with Gasteiger partial charge in [-0.05, 0) is 25.6 Å². The second kappa shape index (κ2) is 3.18. The van der Waals surface area contributed by atoms with Crippen LogP contribution in [-0.4, -0.2) is 16.4 Å². The van der Waals surface area contributed by atoms with Crippen molar-refractivity contribution < 1.29 is 0 Å². The molecule has 0 spiro atoms. The van der Waals surface area contributed by atoms with Crippen LogP contribution in [-0.2, 0) is 6.54 Å². The van der Waals surface area contributed by atoms with Crippen molar-refractivity contribution in [2.75, 3.05) is 7.05 Å². The molecule has 13 heavy (non-hydrogen) atoms. The average molecular weight is 175 g/mol. The van der Waals surface area contributed by atoms with E-state index in [9.17, 15) is 0 Å². The van der Waals surface area contributed by atoms with Gasteiger partial charge >= 0.3 is 0 Å². The van der Waals surface area contributed by atoms with Gasteiger partial charge < -0.3 is 9.72 Å². The van der Waals surface area contributed by atoms with Crippen molar-refractivity contribution in [2.24, 2.45) is 0 Å². The zero-order valence-electron chi connectivity index (χ0n) is 7.91. The maximum absolute atomic E-state index is 4.30. The Kier molecular flexibility index (Phi) is 2.02. The summed E-state index contributed by atoms with van der Waals surface area (Å²) in [5.74, 6) is 0. The number of pyridine rings is 1. The van der Waals surface area contributed by atoms with E-state index in [0.29, 0.717) is 0 Å². The first kappa shape index (κ1) is 8.26. The zero-order valence-corrected chi connectivity index (χ0v) is 7.91. The molecular weight excluding hydrogens is 162 g/mol. The molecule has 2 aromatic rings. The van der Waals surface area contributed by atoms with Gasteiger partial charge in [-0.2, -0.15) is 0 Å². The van der Waals surface area contributed by atoms with Crippen molar-refractivity contribution in [1.82, 2.24) is 14.7 Å². The van der Waals surface area contributed by atoms with Gasteiger partial charge in [-0.15, -0.1) is 0 Å². The van der Waals surface area contributed by atoms with E-state index in [1.54, 1.807) is 0 Å². The highest BCUT2D eigenvalue weighted by Gasteiger charge is 2.00. The summed E-state index contributed by atoms with van der Waals surface area (Å²) in [7, 11) is 1.94. The van der Waals surface area contributed by atoms with Gasteiger partial charge in [0, 0.05) is 12.7 Å². The molecule has 0 radical (unpaired) electrons. The van der Waals surface area contributed by atoms with E-state index in [-0.39, 0.29) is 0 Å². The van der Waals surface area contributed by atoms with Crippen LogP contribution in [0.25, 0.3) is 5.65 Å². The Hall–Kier alpha value is -1.35. The molecule has 2 heterocycles. The summed E-state index contributed by atoms with van der Waals surface area (Å²) in [4.78, 5) is 4.30. The van der Waals surface area contributed by atoms with Gasteiger partial charge in [-0.3, -0.25) is 0 Å². The third-order valence-corrected chi connectivity index (χ3v) is 2.09. The molecule has 0 aliphatic carbocycles. The first-order chi connectivity index (χ1) is 6.31. The highest BCUT2D eigenvalue weighted by molar-refractivity contribution is 5.41. The largest absolute Gasteiger partial charge is 0.314 e. The molecule has 1 N–H and O–H groups in total. The molecule has 0 saturated carbocycles. The second-order valence-corrected chi connectivity index (χ2v) is 3.21. The third-order valence-electron chi connectivity index (χ3n) is 2.09. The van der Waals surface area contributed by atoms with Gasteiger partial charge in [0.1, 0.15) is 5.65 Å². The van der Waals surface area contributed by atoms with E-state index in [0.717, 1.165) is 12.2 Å². The number of nitrogens with one attached hydrogen (secondary N) is 1. The highest BCUT2D eigenvalue weighted by atomic mass is 15.0. The van der Waals surface area contributed by atoms with Crippen molar-refractivity contribution in [3.63, 3.8) is 0 Å². The Labute approximate surface area is 77.4 Å². The number of nitrogens with zero attached hydrogens (tertiary/aromatic N) is 2. The van der Waals surface area contributed by atoms with E-state index >= 15 is 0 Å². The number of hydrogen-bond acceptors (Lipinski definition) is 2. The SMILES string of the molecule is CNCc1cnc2ccc(C)cn12. The Morgan fingerprint density at radius 2 is 2.31 bits per heavy atom. The van der Waals surface area contributed by atoms with Crippen LogP contribution in [0.2, 0.25) is 0 Å². The van der Waals surface area contributed by atoms with Crippen molar-refractivity contribution in [3.05, 3.63) is 35.8 Å². The lowest BCUT2D eigenvalue weighted by Crippen LogP contribution is -2.07. The van der Waals surface area contributed by atoms with Crippen molar-refractivity contribution in [2.45, 2.75) is 13.5 Å². The molecule has 0 saturated heterocycles. The summed E-state index contributed by atoms with van der Waals surface area (Å²) in [6.07, 6.45) is 4.01. The molecule has 0 amide bonds. The molecule has 0 atom stereocenters. The van der Waals surface area contributed by atoms with E-state index in [1.807, 2.05) is 19.3 Å². The summed E-state index contributed by atoms with van der Waals surface area (Å²) in [6, 6.07) is 4.11. The van der Waals surface area contributed by atoms with Crippen molar-refractivity contribution in [3.8, 4) is 0 Å². The minimum Gasteiger partial charge on any atom is -0.314 e. The molecule has 0 aliphatic rings. The van der Waals surface area contributed by atoms with Gasteiger partial charge in [-0.1, -0.05) is 6.07 Å². The average Bonchev–Trinajstić information content (AvgIpc) is 2.49. The molecule has 0 aromatic carbocycles. The quantitative estimate of drug-likeness (QED) is 0.746. The normalized spacial score (nSPS) is 10.9.